The largest absolute Gasteiger partial charge is 0.339 e. The Bertz CT molecular complexity index is 433. The van der Waals surface area contributed by atoms with Crippen LogP contribution < -0.4 is 5.32 Å². The van der Waals surface area contributed by atoms with E-state index in [9.17, 15) is 9.59 Å². The maximum Gasteiger partial charge on any atom is 0.317 e. The van der Waals surface area contributed by atoms with Gasteiger partial charge in [0.25, 0.3) is 0 Å². The number of hydrogen-bond acceptors (Lipinski definition) is 3. The van der Waals surface area contributed by atoms with Gasteiger partial charge in [-0.1, -0.05) is 27.2 Å². The van der Waals surface area contributed by atoms with Crippen LogP contribution in [0.5, 0.6) is 0 Å². The van der Waals surface area contributed by atoms with E-state index in [0.717, 1.165) is 19.6 Å². The second kappa shape index (κ2) is 8.19. The fraction of sp³-hybridized carbons (Fsp3) is 0.889. The van der Waals surface area contributed by atoms with Crippen LogP contribution in [0.1, 0.15) is 47.0 Å². The Morgan fingerprint density at radius 3 is 2.00 bits per heavy atom. The molecule has 138 valence electrons. The Morgan fingerprint density at radius 2 is 1.46 bits per heavy atom. The first-order valence-corrected chi connectivity index (χ1v) is 9.34. The average Bonchev–Trinajstić information content (AvgIpc) is 2.54. The van der Waals surface area contributed by atoms with Crippen molar-refractivity contribution in [3.63, 3.8) is 0 Å². The molecule has 0 bridgehead atoms. The quantitative estimate of drug-likeness (QED) is 0.853. The Labute approximate surface area is 146 Å². The summed E-state index contributed by atoms with van der Waals surface area (Å²) in [6, 6.07) is 0.159. The smallest absolute Gasteiger partial charge is 0.317 e. The summed E-state index contributed by atoms with van der Waals surface area (Å²) in [5, 5.41) is 3.11. The van der Waals surface area contributed by atoms with Crippen molar-refractivity contribution in [1.29, 1.82) is 0 Å². The Balaban J connectivity index is 1.73. The number of urea groups is 1. The van der Waals surface area contributed by atoms with Crippen molar-refractivity contribution in [1.82, 2.24) is 20.0 Å². The summed E-state index contributed by atoms with van der Waals surface area (Å²) in [6.07, 6.45) is 3.86. The predicted octanol–water partition coefficient (Wildman–Crippen LogP) is 1.76. The van der Waals surface area contributed by atoms with Crippen molar-refractivity contribution in [2.24, 2.45) is 5.41 Å². The molecular weight excluding hydrogens is 304 g/mol. The fourth-order valence-electron chi connectivity index (χ4n) is 3.46. The molecule has 2 aliphatic heterocycles. The van der Waals surface area contributed by atoms with Crippen molar-refractivity contribution < 1.29 is 9.59 Å². The van der Waals surface area contributed by atoms with Crippen LogP contribution in [0, 0.1) is 5.41 Å². The zero-order valence-corrected chi connectivity index (χ0v) is 15.8. The van der Waals surface area contributed by atoms with Gasteiger partial charge in [0.15, 0.2) is 0 Å². The van der Waals surface area contributed by atoms with Gasteiger partial charge in [-0.3, -0.25) is 4.79 Å². The van der Waals surface area contributed by atoms with Crippen molar-refractivity contribution >= 4 is 11.9 Å². The minimum absolute atomic E-state index is 0.00219. The Kier molecular flexibility index (Phi) is 6.49. The molecule has 0 aromatic heterocycles. The maximum absolute atomic E-state index is 12.4. The van der Waals surface area contributed by atoms with Gasteiger partial charge < -0.3 is 20.0 Å². The number of rotatable bonds is 3. The zero-order valence-electron chi connectivity index (χ0n) is 15.8. The molecule has 1 unspecified atom stereocenters. The molecule has 0 radical (unpaired) electrons. The van der Waals surface area contributed by atoms with Gasteiger partial charge in [0.2, 0.25) is 5.91 Å². The summed E-state index contributed by atoms with van der Waals surface area (Å²) in [5.74, 6) is 0.168. The van der Waals surface area contributed by atoms with Crippen LogP contribution in [0.2, 0.25) is 0 Å². The highest BCUT2D eigenvalue weighted by molar-refractivity contribution is 5.82. The second-order valence-corrected chi connectivity index (χ2v) is 8.24. The summed E-state index contributed by atoms with van der Waals surface area (Å²) >= 11 is 0. The first-order valence-electron chi connectivity index (χ1n) is 9.34. The molecule has 0 saturated carbocycles. The first kappa shape index (κ1) is 19.0. The van der Waals surface area contributed by atoms with E-state index in [1.165, 1.54) is 19.3 Å². The molecule has 1 atom stereocenters. The van der Waals surface area contributed by atoms with Crippen LogP contribution in [-0.4, -0.2) is 78.5 Å². The molecule has 0 aromatic rings. The number of likely N-dealkylation sites (tertiary alicyclic amines) is 1. The normalized spacial score (nSPS) is 21.5. The number of hydrogen-bond donors (Lipinski definition) is 1. The lowest BCUT2D eigenvalue weighted by molar-refractivity contribution is -0.140. The number of piperazine rings is 1. The molecule has 0 aliphatic carbocycles. The molecule has 24 heavy (non-hydrogen) atoms. The lowest BCUT2D eigenvalue weighted by atomic mass is 9.94. The first-order chi connectivity index (χ1) is 11.3. The third-order valence-corrected chi connectivity index (χ3v) is 4.85. The van der Waals surface area contributed by atoms with Gasteiger partial charge in [0.1, 0.15) is 0 Å². The van der Waals surface area contributed by atoms with Crippen LogP contribution >= 0.6 is 0 Å². The van der Waals surface area contributed by atoms with Gasteiger partial charge in [-0.15, -0.1) is 0 Å². The van der Waals surface area contributed by atoms with Crippen LogP contribution in [0.4, 0.5) is 4.79 Å². The van der Waals surface area contributed by atoms with Crippen molar-refractivity contribution in [2.75, 3.05) is 45.8 Å². The number of nitrogens with zero attached hydrogens (tertiary/aromatic N) is 3. The van der Waals surface area contributed by atoms with Gasteiger partial charge >= 0.3 is 6.03 Å². The monoisotopic (exact) mass is 338 g/mol. The molecule has 2 rings (SSSR count). The van der Waals surface area contributed by atoms with Crippen LogP contribution in [0.3, 0.4) is 0 Å². The minimum atomic E-state index is -0.354. The van der Waals surface area contributed by atoms with E-state index in [-0.39, 0.29) is 23.4 Å². The van der Waals surface area contributed by atoms with E-state index in [1.807, 2.05) is 30.6 Å². The lowest BCUT2D eigenvalue weighted by Gasteiger charge is -2.38. The Morgan fingerprint density at radius 1 is 0.917 bits per heavy atom. The zero-order chi connectivity index (χ0) is 17.7. The van der Waals surface area contributed by atoms with Crippen LogP contribution in [0.25, 0.3) is 0 Å². The number of carbonyl (C=O) groups excluding carboxylic acids is 2. The summed E-state index contributed by atoms with van der Waals surface area (Å²) < 4.78 is 0. The number of piperidine rings is 1. The fourth-order valence-corrected chi connectivity index (χ4v) is 3.46. The molecule has 2 heterocycles. The number of carbonyl (C=O) groups is 2. The molecule has 3 amide bonds. The van der Waals surface area contributed by atoms with Gasteiger partial charge in [-0.2, -0.15) is 0 Å². The third kappa shape index (κ3) is 5.36. The highest BCUT2D eigenvalue weighted by Gasteiger charge is 2.31. The van der Waals surface area contributed by atoms with Crippen LogP contribution in [0.15, 0.2) is 0 Å². The van der Waals surface area contributed by atoms with Gasteiger partial charge in [-0.05, 0) is 32.9 Å². The summed E-state index contributed by atoms with van der Waals surface area (Å²) in [5.41, 5.74) is -0.354. The van der Waals surface area contributed by atoms with Gasteiger partial charge in [0.05, 0.1) is 0 Å². The van der Waals surface area contributed by atoms with Gasteiger partial charge in [0, 0.05) is 44.2 Å². The van der Waals surface area contributed by atoms with E-state index < -0.39 is 0 Å². The predicted molar refractivity (Wildman–Crippen MR) is 95.9 cm³/mol. The average molecular weight is 338 g/mol. The molecule has 6 nitrogen and oxygen atoms in total. The summed E-state index contributed by atoms with van der Waals surface area (Å²) in [6.45, 7) is 13.6. The molecule has 6 heteroatoms. The number of nitrogens with one attached hydrogen (secondary N) is 1. The highest BCUT2D eigenvalue weighted by atomic mass is 16.2. The standard InChI is InChI=1S/C18H34N4O2/c1-15(14-20-8-6-5-7-9-20)19-17(24)22-12-10-21(11-13-22)16(23)18(2,3)4/h15H,5-14H2,1-4H3,(H,19,24). The molecule has 1 N–H and O–H groups in total. The molecule has 2 aliphatic rings. The van der Waals surface area contributed by atoms with E-state index in [1.54, 1.807) is 0 Å². The van der Waals surface area contributed by atoms with E-state index >= 15 is 0 Å². The SMILES string of the molecule is CC(CN1CCCCC1)NC(=O)N1CCN(C(=O)C(C)(C)C)CC1. The van der Waals surface area contributed by atoms with Crippen LogP contribution in [-0.2, 0) is 4.79 Å². The second-order valence-electron chi connectivity index (χ2n) is 8.24. The Hall–Kier alpha value is -1.30. The van der Waals surface area contributed by atoms with Crippen molar-refractivity contribution in [3.05, 3.63) is 0 Å². The maximum atomic E-state index is 12.4. The lowest BCUT2D eigenvalue weighted by Crippen LogP contribution is -2.56. The van der Waals surface area contributed by atoms with E-state index in [0.29, 0.717) is 26.2 Å². The molecular formula is C18H34N4O2. The topological polar surface area (TPSA) is 55.9 Å². The minimum Gasteiger partial charge on any atom is -0.339 e. The van der Waals surface area contributed by atoms with Crippen molar-refractivity contribution in [2.45, 2.75) is 53.0 Å². The van der Waals surface area contributed by atoms with E-state index in [2.05, 4.69) is 17.1 Å². The number of amides is 3. The third-order valence-electron chi connectivity index (χ3n) is 4.85. The molecule has 2 saturated heterocycles. The van der Waals surface area contributed by atoms with E-state index in [4.69, 9.17) is 0 Å². The summed E-state index contributed by atoms with van der Waals surface area (Å²) in [4.78, 5) is 30.9. The molecule has 0 aromatic carbocycles. The van der Waals surface area contributed by atoms with Crippen molar-refractivity contribution in [3.8, 4) is 0 Å². The molecule has 2 fully saturated rings. The highest BCUT2D eigenvalue weighted by Crippen LogP contribution is 2.18. The molecule has 0 spiro atoms. The summed E-state index contributed by atoms with van der Waals surface area (Å²) in [7, 11) is 0. The van der Waals surface area contributed by atoms with Gasteiger partial charge in [-0.25, -0.2) is 4.79 Å².